The van der Waals surface area contributed by atoms with Gasteiger partial charge in [0.05, 0.1) is 16.9 Å². The fourth-order valence-corrected chi connectivity index (χ4v) is 4.91. The second-order valence-corrected chi connectivity index (χ2v) is 9.42. The SMILES string of the molecule is O=C1NC(=O)/C(=C/c2ccnc(N[C@H]3CC[C@@H](NCc4cccc(-c5ccco5)c4)CC3)n2)S1. The Morgan fingerprint density at radius 2 is 1.94 bits per heavy atom. The van der Waals surface area contributed by atoms with Crippen LogP contribution in [0.2, 0.25) is 0 Å². The zero-order valence-corrected chi connectivity index (χ0v) is 19.3. The van der Waals surface area contributed by atoms with Crippen LogP contribution >= 0.6 is 11.8 Å². The molecule has 2 amide bonds. The Kier molecular flexibility index (Phi) is 6.73. The molecule has 0 bridgehead atoms. The Morgan fingerprint density at radius 3 is 2.71 bits per heavy atom. The summed E-state index contributed by atoms with van der Waals surface area (Å²) < 4.78 is 5.51. The first-order valence-corrected chi connectivity index (χ1v) is 12.1. The number of nitrogens with one attached hydrogen (secondary N) is 3. The topological polar surface area (TPSA) is 109 Å². The van der Waals surface area contributed by atoms with Crippen molar-refractivity contribution in [3.05, 3.63) is 71.1 Å². The summed E-state index contributed by atoms with van der Waals surface area (Å²) in [5, 5.41) is 8.99. The van der Waals surface area contributed by atoms with E-state index >= 15 is 0 Å². The van der Waals surface area contributed by atoms with Crippen LogP contribution in [-0.2, 0) is 11.3 Å². The Hall–Kier alpha value is -3.43. The normalized spacial score (nSPS) is 21.6. The summed E-state index contributed by atoms with van der Waals surface area (Å²) in [7, 11) is 0. The zero-order chi connectivity index (χ0) is 23.3. The Labute approximate surface area is 201 Å². The van der Waals surface area contributed by atoms with Crippen LogP contribution in [0.4, 0.5) is 10.7 Å². The number of aromatic nitrogens is 2. The fraction of sp³-hybridized carbons (Fsp3) is 0.280. The molecule has 1 saturated carbocycles. The van der Waals surface area contributed by atoms with E-state index in [2.05, 4.69) is 50.2 Å². The van der Waals surface area contributed by atoms with Gasteiger partial charge in [-0.2, -0.15) is 0 Å². The lowest BCUT2D eigenvalue weighted by molar-refractivity contribution is -0.115. The number of benzene rings is 1. The molecule has 0 atom stereocenters. The van der Waals surface area contributed by atoms with Crippen molar-refractivity contribution in [2.75, 3.05) is 5.32 Å². The molecule has 9 heteroatoms. The highest BCUT2D eigenvalue weighted by atomic mass is 32.2. The van der Waals surface area contributed by atoms with Gasteiger partial charge in [-0.25, -0.2) is 9.97 Å². The van der Waals surface area contributed by atoms with Crippen molar-refractivity contribution in [1.82, 2.24) is 20.6 Å². The summed E-state index contributed by atoms with van der Waals surface area (Å²) >= 11 is 0.882. The van der Waals surface area contributed by atoms with Crippen LogP contribution in [0, 0.1) is 0 Å². The van der Waals surface area contributed by atoms with Crippen LogP contribution in [-0.4, -0.2) is 33.2 Å². The molecule has 34 heavy (non-hydrogen) atoms. The molecule has 5 rings (SSSR count). The number of amides is 2. The van der Waals surface area contributed by atoms with Gasteiger partial charge in [-0.15, -0.1) is 0 Å². The van der Waals surface area contributed by atoms with Crippen molar-refractivity contribution in [1.29, 1.82) is 0 Å². The molecule has 2 aromatic heterocycles. The lowest BCUT2D eigenvalue weighted by atomic mass is 9.91. The van der Waals surface area contributed by atoms with E-state index in [0.717, 1.165) is 55.3 Å². The highest BCUT2D eigenvalue weighted by Gasteiger charge is 2.25. The molecule has 1 aromatic carbocycles. The monoisotopic (exact) mass is 475 g/mol. The molecule has 3 heterocycles. The lowest BCUT2D eigenvalue weighted by Crippen LogP contribution is -2.36. The number of nitrogens with zero attached hydrogens (tertiary/aromatic N) is 2. The smallest absolute Gasteiger partial charge is 0.290 e. The summed E-state index contributed by atoms with van der Waals surface area (Å²) in [6, 6.07) is 14.8. The number of thioether (sulfide) groups is 1. The van der Waals surface area contributed by atoms with Gasteiger partial charge in [-0.3, -0.25) is 14.9 Å². The molecule has 0 spiro atoms. The second kappa shape index (κ2) is 10.2. The van der Waals surface area contributed by atoms with Gasteiger partial charge < -0.3 is 15.1 Å². The van der Waals surface area contributed by atoms with Crippen LogP contribution in [0.25, 0.3) is 17.4 Å². The molecule has 8 nitrogen and oxygen atoms in total. The van der Waals surface area contributed by atoms with Gasteiger partial charge in [0, 0.05) is 30.4 Å². The van der Waals surface area contributed by atoms with Crippen molar-refractivity contribution in [2.45, 2.75) is 44.3 Å². The predicted molar refractivity (Wildman–Crippen MR) is 132 cm³/mol. The first kappa shape index (κ1) is 22.4. The standard InChI is InChI=1S/C25H25N5O3S/c31-23-22(34-25(32)30-23)14-20-10-11-26-24(29-20)28-19-8-6-18(7-9-19)27-15-16-3-1-4-17(13-16)21-5-2-12-33-21/h1-5,10-14,18-19,27H,6-9,15H2,(H,26,28,29)(H,30,31,32)/b22-14-/t18-,19+. The summed E-state index contributed by atoms with van der Waals surface area (Å²) in [6.45, 7) is 0.825. The minimum atomic E-state index is -0.387. The lowest BCUT2D eigenvalue weighted by Gasteiger charge is -2.30. The summed E-state index contributed by atoms with van der Waals surface area (Å²) in [6.07, 6.45) is 9.14. The van der Waals surface area contributed by atoms with Crippen molar-refractivity contribution in [3.8, 4) is 11.3 Å². The number of carbonyl (C=O) groups is 2. The average molecular weight is 476 g/mol. The number of hydrogen-bond donors (Lipinski definition) is 3. The van der Waals surface area contributed by atoms with E-state index in [1.54, 1.807) is 24.6 Å². The Balaban J connectivity index is 1.11. The molecule has 174 valence electrons. The van der Waals surface area contributed by atoms with E-state index in [-0.39, 0.29) is 11.1 Å². The number of rotatable bonds is 7. The maximum atomic E-state index is 11.7. The van der Waals surface area contributed by atoms with Crippen molar-refractivity contribution in [2.24, 2.45) is 0 Å². The number of imide groups is 1. The molecule has 0 unspecified atom stereocenters. The minimum absolute atomic E-state index is 0.300. The first-order chi connectivity index (χ1) is 16.6. The maximum absolute atomic E-state index is 11.7. The average Bonchev–Trinajstić information content (AvgIpc) is 3.49. The second-order valence-electron chi connectivity index (χ2n) is 8.41. The van der Waals surface area contributed by atoms with Crippen LogP contribution in [0.1, 0.15) is 36.9 Å². The summed E-state index contributed by atoms with van der Waals surface area (Å²) in [5.41, 5.74) is 2.93. The quantitative estimate of drug-likeness (QED) is 0.426. The van der Waals surface area contributed by atoms with Gasteiger partial charge in [-0.1, -0.05) is 18.2 Å². The highest BCUT2D eigenvalue weighted by molar-refractivity contribution is 8.18. The molecule has 2 fully saturated rings. The molecule has 1 aliphatic heterocycles. The van der Waals surface area contributed by atoms with E-state index in [1.807, 2.05) is 12.1 Å². The van der Waals surface area contributed by atoms with Gasteiger partial charge in [-0.05, 0) is 73.4 Å². The largest absolute Gasteiger partial charge is 0.464 e. The first-order valence-electron chi connectivity index (χ1n) is 11.3. The van der Waals surface area contributed by atoms with Crippen LogP contribution in [0.3, 0.4) is 0 Å². The Bertz CT molecular complexity index is 1200. The molecular weight excluding hydrogens is 450 g/mol. The van der Waals surface area contributed by atoms with E-state index < -0.39 is 0 Å². The third-order valence-electron chi connectivity index (χ3n) is 5.99. The van der Waals surface area contributed by atoms with Crippen molar-refractivity contribution < 1.29 is 14.0 Å². The maximum Gasteiger partial charge on any atom is 0.290 e. The van der Waals surface area contributed by atoms with E-state index in [0.29, 0.717) is 28.6 Å². The minimum Gasteiger partial charge on any atom is -0.464 e. The number of hydrogen-bond acceptors (Lipinski definition) is 8. The van der Waals surface area contributed by atoms with Gasteiger partial charge >= 0.3 is 0 Å². The molecule has 1 saturated heterocycles. The van der Waals surface area contributed by atoms with Gasteiger partial charge in [0.15, 0.2) is 0 Å². The highest BCUT2D eigenvalue weighted by Crippen LogP contribution is 2.26. The van der Waals surface area contributed by atoms with Gasteiger partial charge in [0.25, 0.3) is 11.1 Å². The van der Waals surface area contributed by atoms with Gasteiger partial charge in [0.1, 0.15) is 5.76 Å². The molecular formula is C25H25N5O3S. The Morgan fingerprint density at radius 1 is 1.09 bits per heavy atom. The summed E-state index contributed by atoms with van der Waals surface area (Å²) in [4.78, 5) is 32.2. The summed E-state index contributed by atoms with van der Waals surface area (Å²) in [5.74, 6) is 1.03. The zero-order valence-electron chi connectivity index (χ0n) is 18.5. The van der Waals surface area contributed by atoms with E-state index in [9.17, 15) is 9.59 Å². The van der Waals surface area contributed by atoms with E-state index in [1.165, 1.54) is 5.56 Å². The molecule has 1 aliphatic carbocycles. The third kappa shape index (κ3) is 5.55. The fourth-order valence-electron chi connectivity index (χ4n) is 4.24. The number of carbonyl (C=O) groups excluding carboxylic acids is 2. The van der Waals surface area contributed by atoms with Crippen molar-refractivity contribution in [3.63, 3.8) is 0 Å². The molecule has 3 aromatic rings. The molecule has 3 N–H and O–H groups in total. The number of anilines is 1. The van der Waals surface area contributed by atoms with Crippen LogP contribution in [0.15, 0.2) is 64.2 Å². The van der Waals surface area contributed by atoms with Crippen molar-refractivity contribution >= 4 is 34.9 Å². The van der Waals surface area contributed by atoms with Gasteiger partial charge in [0.2, 0.25) is 5.95 Å². The predicted octanol–water partition coefficient (Wildman–Crippen LogP) is 4.57. The number of furan rings is 1. The molecule has 0 radical (unpaired) electrons. The van der Waals surface area contributed by atoms with E-state index in [4.69, 9.17) is 4.42 Å². The molecule has 2 aliphatic rings. The van der Waals surface area contributed by atoms with Crippen LogP contribution < -0.4 is 16.0 Å². The van der Waals surface area contributed by atoms with Crippen LogP contribution in [0.5, 0.6) is 0 Å². The third-order valence-corrected chi connectivity index (χ3v) is 6.80.